The van der Waals surface area contributed by atoms with Gasteiger partial charge in [0.1, 0.15) is 0 Å². The van der Waals surface area contributed by atoms with Crippen LogP contribution in [0.5, 0.6) is 0 Å². The van der Waals surface area contributed by atoms with E-state index < -0.39 is 27.9 Å². The lowest BCUT2D eigenvalue weighted by Gasteiger charge is -2.05. The molecule has 0 saturated carbocycles. The van der Waals surface area contributed by atoms with Crippen molar-refractivity contribution in [3.63, 3.8) is 0 Å². The first-order chi connectivity index (χ1) is 8.26. The summed E-state index contributed by atoms with van der Waals surface area (Å²) in [5, 5.41) is 12.1. The number of urea groups is 1. The van der Waals surface area contributed by atoms with Gasteiger partial charge in [-0.15, -0.1) is 0 Å². The number of hydrogen-bond donors (Lipinski definition) is 4. The lowest BCUT2D eigenvalue weighted by molar-refractivity contribution is -0.131. The Balaban J connectivity index is 3.99. The van der Waals surface area contributed by atoms with E-state index in [1.54, 1.807) is 5.32 Å². The molecule has 4 N–H and O–H groups in total. The van der Waals surface area contributed by atoms with Crippen LogP contribution in [0.4, 0.5) is 4.79 Å². The average Bonchev–Trinajstić information content (AvgIpc) is 2.26. The van der Waals surface area contributed by atoms with Crippen molar-refractivity contribution in [3.05, 3.63) is 12.2 Å². The first-order valence-corrected chi connectivity index (χ1v) is 6.33. The minimum atomic E-state index is -3.43. The van der Waals surface area contributed by atoms with E-state index in [-0.39, 0.29) is 12.3 Å². The number of carbonyl (C=O) groups is 3. The van der Waals surface area contributed by atoms with Crippen LogP contribution in [-0.2, 0) is 19.6 Å². The third-order valence-electron chi connectivity index (χ3n) is 1.58. The molecule has 9 nitrogen and oxygen atoms in total. The van der Waals surface area contributed by atoms with E-state index in [1.807, 2.05) is 4.72 Å². The van der Waals surface area contributed by atoms with E-state index in [1.165, 1.54) is 7.05 Å². The third-order valence-corrected chi connectivity index (χ3v) is 2.94. The molecular formula is C8H13N3O6S. The van der Waals surface area contributed by atoms with Crippen LogP contribution in [0.25, 0.3) is 0 Å². The van der Waals surface area contributed by atoms with Gasteiger partial charge in [-0.3, -0.25) is 10.1 Å². The normalized spacial score (nSPS) is 11.2. The second-order valence-corrected chi connectivity index (χ2v) is 4.99. The summed E-state index contributed by atoms with van der Waals surface area (Å²) in [5.74, 6) is -2.59. The SMILES string of the molecule is CNS(=O)(=O)CCNC(=O)NC(=O)/C=C/C(=O)O. The number of hydrogen-bond acceptors (Lipinski definition) is 5. The fourth-order valence-corrected chi connectivity index (χ4v) is 1.32. The molecule has 10 heteroatoms. The second kappa shape index (κ2) is 7.40. The summed E-state index contributed by atoms with van der Waals surface area (Å²) in [7, 11) is -2.20. The van der Waals surface area contributed by atoms with Crippen molar-refractivity contribution < 1.29 is 27.9 Å². The van der Waals surface area contributed by atoms with Crippen LogP contribution in [0.3, 0.4) is 0 Å². The number of aliphatic carboxylic acids is 1. The Bertz CT molecular complexity index is 455. The zero-order chi connectivity index (χ0) is 14.2. The summed E-state index contributed by atoms with van der Waals surface area (Å²) in [6.45, 7) is -0.190. The second-order valence-electron chi connectivity index (χ2n) is 2.94. The maximum Gasteiger partial charge on any atom is 0.328 e. The maximum atomic E-state index is 11.0. The molecule has 0 aliphatic heterocycles. The van der Waals surface area contributed by atoms with Gasteiger partial charge < -0.3 is 10.4 Å². The fourth-order valence-electron chi connectivity index (χ4n) is 0.746. The number of amides is 3. The third kappa shape index (κ3) is 8.24. The number of carbonyl (C=O) groups excluding carboxylic acids is 2. The van der Waals surface area contributed by atoms with Crippen molar-refractivity contribution >= 4 is 27.9 Å². The molecule has 3 amide bonds. The number of imide groups is 1. The zero-order valence-corrected chi connectivity index (χ0v) is 10.3. The summed E-state index contributed by atoms with van der Waals surface area (Å²) >= 11 is 0. The van der Waals surface area contributed by atoms with Gasteiger partial charge in [-0.2, -0.15) is 0 Å². The highest BCUT2D eigenvalue weighted by molar-refractivity contribution is 7.89. The van der Waals surface area contributed by atoms with Crippen LogP contribution in [-0.4, -0.2) is 50.8 Å². The molecule has 0 heterocycles. The number of carboxylic acids is 1. The van der Waals surface area contributed by atoms with Crippen LogP contribution < -0.4 is 15.4 Å². The van der Waals surface area contributed by atoms with Crippen molar-refractivity contribution in [1.29, 1.82) is 0 Å². The Morgan fingerprint density at radius 3 is 2.33 bits per heavy atom. The van der Waals surface area contributed by atoms with Crippen LogP contribution in [0.2, 0.25) is 0 Å². The predicted molar refractivity (Wildman–Crippen MR) is 61.2 cm³/mol. The predicted octanol–water partition coefficient (Wildman–Crippen LogP) is -2.00. The van der Waals surface area contributed by atoms with Crippen molar-refractivity contribution in [2.75, 3.05) is 19.3 Å². The Morgan fingerprint density at radius 2 is 1.83 bits per heavy atom. The Morgan fingerprint density at radius 1 is 1.22 bits per heavy atom. The summed E-state index contributed by atoms with van der Waals surface area (Å²) in [6, 6.07) is -0.915. The number of carboxylic acid groups (broad SMARTS) is 1. The maximum absolute atomic E-state index is 11.0. The van der Waals surface area contributed by atoms with E-state index in [0.717, 1.165) is 0 Å². The summed E-state index contributed by atoms with van der Waals surface area (Å²) in [4.78, 5) is 32.0. The van der Waals surface area contributed by atoms with Gasteiger partial charge in [-0.05, 0) is 7.05 Å². The van der Waals surface area contributed by atoms with Crippen molar-refractivity contribution in [3.8, 4) is 0 Å². The topological polar surface area (TPSA) is 142 Å². The molecule has 0 unspecified atom stereocenters. The Hall–Kier alpha value is -1.94. The summed E-state index contributed by atoms with van der Waals surface area (Å²) in [6.07, 6.45) is 1.22. The average molecular weight is 279 g/mol. The van der Waals surface area contributed by atoms with Crippen LogP contribution in [0.15, 0.2) is 12.2 Å². The van der Waals surface area contributed by atoms with Crippen LogP contribution in [0, 0.1) is 0 Å². The van der Waals surface area contributed by atoms with Crippen molar-refractivity contribution in [2.24, 2.45) is 0 Å². The molecule has 0 aliphatic carbocycles. The molecule has 0 aromatic rings. The molecule has 0 radical (unpaired) electrons. The molecule has 0 spiro atoms. The quantitative estimate of drug-likeness (QED) is 0.414. The molecule has 0 bridgehead atoms. The minimum Gasteiger partial charge on any atom is -0.478 e. The highest BCUT2D eigenvalue weighted by Crippen LogP contribution is 1.80. The molecule has 18 heavy (non-hydrogen) atoms. The van der Waals surface area contributed by atoms with Crippen molar-refractivity contribution in [1.82, 2.24) is 15.4 Å². The van der Waals surface area contributed by atoms with Gasteiger partial charge >= 0.3 is 12.0 Å². The minimum absolute atomic E-state index is 0.190. The molecule has 0 aromatic heterocycles. The van der Waals surface area contributed by atoms with Gasteiger partial charge in [-0.25, -0.2) is 22.7 Å². The largest absolute Gasteiger partial charge is 0.478 e. The Labute approximate surface area is 103 Å². The first-order valence-electron chi connectivity index (χ1n) is 4.68. The molecular weight excluding hydrogens is 266 g/mol. The van der Waals surface area contributed by atoms with Gasteiger partial charge in [0.25, 0.3) is 5.91 Å². The van der Waals surface area contributed by atoms with E-state index >= 15 is 0 Å². The van der Waals surface area contributed by atoms with Crippen molar-refractivity contribution in [2.45, 2.75) is 0 Å². The monoisotopic (exact) mass is 279 g/mol. The van der Waals surface area contributed by atoms with E-state index in [4.69, 9.17) is 5.11 Å². The van der Waals surface area contributed by atoms with E-state index in [9.17, 15) is 22.8 Å². The summed E-state index contributed by atoms with van der Waals surface area (Å²) in [5.41, 5.74) is 0. The molecule has 0 atom stereocenters. The molecule has 0 aliphatic rings. The molecule has 0 rings (SSSR count). The fraction of sp³-hybridized carbons (Fsp3) is 0.375. The molecule has 102 valence electrons. The van der Waals surface area contributed by atoms with Gasteiger partial charge in [0.15, 0.2) is 0 Å². The summed E-state index contributed by atoms with van der Waals surface area (Å²) < 4.78 is 24.0. The number of rotatable bonds is 6. The van der Waals surface area contributed by atoms with Gasteiger partial charge in [0.2, 0.25) is 10.0 Å². The van der Waals surface area contributed by atoms with Crippen LogP contribution in [0.1, 0.15) is 0 Å². The molecule has 0 fully saturated rings. The van der Waals surface area contributed by atoms with Gasteiger partial charge in [-0.1, -0.05) is 0 Å². The highest BCUT2D eigenvalue weighted by atomic mass is 32.2. The number of nitrogens with one attached hydrogen (secondary N) is 3. The molecule has 0 saturated heterocycles. The van der Waals surface area contributed by atoms with E-state index in [0.29, 0.717) is 12.2 Å². The smallest absolute Gasteiger partial charge is 0.328 e. The van der Waals surface area contributed by atoms with Crippen LogP contribution >= 0.6 is 0 Å². The van der Waals surface area contributed by atoms with Gasteiger partial charge in [0, 0.05) is 18.7 Å². The van der Waals surface area contributed by atoms with Gasteiger partial charge in [0.05, 0.1) is 5.75 Å². The molecule has 0 aromatic carbocycles. The Kier molecular flexibility index (Phi) is 6.60. The number of sulfonamides is 1. The highest BCUT2D eigenvalue weighted by Gasteiger charge is 2.09. The first kappa shape index (κ1) is 16.1. The zero-order valence-electron chi connectivity index (χ0n) is 9.47. The lowest BCUT2D eigenvalue weighted by atomic mass is 10.5. The standard InChI is InChI=1S/C8H13N3O6S/c1-9-18(16,17)5-4-10-8(15)11-6(12)2-3-7(13)14/h2-3,9H,4-5H2,1H3,(H,13,14)(H2,10,11,12,15)/b3-2+. The van der Waals surface area contributed by atoms with E-state index in [2.05, 4.69) is 5.32 Å². The lowest BCUT2D eigenvalue weighted by Crippen LogP contribution is -2.41.